The van der Waals surface area contributed by atoms with Crippen molar-refractivity contribution in [2.45, 2.75) is 10.8 Å². The standard InChI is InChI=1S/C14H11N5O4S/c1-17-8-16-12-2-3-15-14(13(12)17)24-7-9-4-10(18(20)21)6-11(5-9)19(22)23/h2-6,8H,7H2,1H3. The SMILES string of the molecule is Cn1cnc2ccnc(SCc3cc([N+](=O)[O-])cc([N+](=O)[O-])c3)c21. The van der Waals surface area contributed by atoms with Crippen LogP contribution in [-0.4, -0.2) is 24.4 Å². The first-order chi connectivity index (χ1) is 11.5. The third kappa shape index (κ3) is 3.04. The Balaban J connectivity index is 1.92. The van der Waals surface area contributed by atoms with E-state index in [0.29, 0.717) is 16.3 Å². The molecule has 10 heteroatoms. The smallest absolute Gasteiger partial charge is 0.276 e. The molecule has 9 nitrogen and oxygen atoms in total. The van der Waals surface area contributed by atoms with Crippen LogP contribution in [0.25, 0.3) is 11.0 Å². The van der Waals surface area contributed by atoms with Gasteiger partial charge in [-0.25, -0.2) is 9.97 Å². The van der Waals surface area contributed by atoms with Crippen molar-refractivity contribution in [3.63, 3.8) is 0 Å². The Hall–Kier alpha value is -3.01. The third-order valence-corrected chi connectivity index (χ3v) is 4.40. The van der Waals surface area contributed by atoms with Gasteiger partial charge >= 0.3 is 0 Å². The Labute approximate surface area is 139 Å². The number of nitro groups is 2. The Kier molecular flexibility index (Phi) is 4.13. The van der Waals surface area contributed by atoms with Crippen LogP contribution in [0.3, 0.4) is 0 Å². The van der Waals surface area contributed by atoms with Crippen molar-refractivity contribution in [2.75, 3.05) is 0 Å². The van der Waals surface area contributed by atoms with Gasteiger partial charge in [0.15, 0.2) is 0 Å². The Morgan fingerprint density at radius 2 is 1.79 bits per heavy atom. The van der Waals surface area contributed by atoms with Crippen molar-refractivity contribution in [3.8, 4) is 0 Å². The molecule has 0 N–H and O–H groups in total. The minimum atomic E-state index is -0.638. The van der Waals surface area contributed by atoms with Crippen molar-refractivity contribution in [1.29, 1.82) is 0 Å². The van der Waals surface area contributed by atoms with Crippen LogP contribution in [0.5, 0.6) is 0 Å². The summed E-state index contributed by atoms with van der Waals surface area (Å²) in [7, 11) is 1.85. The molecular formula is C14H11N5O4S. The van der Waals surface area contributed by atoms with Crippen LogP contribution in [0.2, 0.25) is 0 Å². The number of aryl methyl sites for hydroxylation is 1. The monoisotopic (exact) mass is 345 g/mol. The van der Waals surface area contributed by atoms with E-state index in [9.17, 15) is 20.2 Å². The number of nitro benzene ring substituents is 2. The van der Waals surface area contributed by atoms with Gasteiger partial charge in [-0.3, -0.25) is 20.2 Å². The number of pyridine rings is 1. The number of thioether (sulfide) groups is 1. The van der Waals surface area contributed by atoms with Gasteiger partial charge in [0.1, 0.15) is 10.5 Å². The Bertz CT molecular complexity index is 923. The minimum absolute atomic E-state index is 0.300. The molecule has 0 atom stereocenters. The number of imidazole rings is 1. The molecule has 0 aliphatic carbocycles. The highest BCUT2D eigenvalue weighted by molar-refractivity contribution is 7.98. The number of hydrogen-bond acceptors (Lipinski definition) is 7. The zero-order valence-corrected chi connectivity index (χ0v) is 13.3. The normalized spacial score (nSPS) is 10.9. The molecule has 0 amide bonds. The van der Waals surface area contributed by atoms with Gasteiger partial charge in [-0.2, -0.15) is 0 Å². The van der Waals surface area contributed by atoms with Crippen LogP contribution < -0.4 is 0 Å². The van der Waals surface area contributed by atoms with Crippen LogP contribution in [0.15, 0.2) is 41.8 Å². The quantitative estimate of drug-likeness (QED) is 0.396. The van der Waals surface area contributed by atoms with Crippen molar-refractivity contribution in [1.82, 2.24) is 14.5 Å². The highest BCUT2D eigenvalue weighted by Gasteiger charge is 2.17. The summed E-state index contributed by atoms with van der Waals surface area (Å²) >= 11 is 1.35. The first kappa shape index (κ1) is 15.9. The molecule has 3 rings (SSSR count). The highest BCUT2D eigenvalue weighted by Crippen LogP contribution is 2.30. The predicted molar refractivity (Wildman–Crippen MR) is 87.8 cm³/mol. The number of aromatic nitrogens is 3. The number of nitrogens with zero attached hydrogens (tertiary/aromatic N) is 5. The summed E-state index contributed by atoms with van der Waals surface area (Å²) in [6.07, 6.45) is 3.31. The largest absolute Gasteiger partial charge is 0.332 e. The number of hydrogen-bond donors (Lipinski definition) is 0. The van der Waals surface area contributed by atoms with Crippen LogP contribution in [0, 0.1) is 20.2 Å². The number of non-ortho nitro benzene ring substituents is 2. The average Bonchev–Trinajstić information content (AvgIpc) is 2.94. The first-order valence-electron chi connectivity index (χ1n) is 6.77. The summed E-state index contributed by atoms with van der Waals surface area (Å²) in [5.41, 5.74) is 1.53. The van der Waals surface area contributed by atoms with Gasteiger partial charge in [0.25, 0.3) is 11.4 Å². The molecule has 24 heavy (non-hydrogen) atoms. The van der Waals surface area contributed by atoms with Crippen LogP contribution in [-0.2, 0) is 12.8 Å². The van der Waals surface area contributed by atoms with Crippen LogP contribution in [0.1, 0.15) is 5.56 Å². The van der Waals surface area contributed by atoms with E-state index >= 15 is 0 Å². The number of fused-ring (bicyclic) bond motifs is 1. The van der Waals surface area contributed by atoms with Gasteiger partial charge in [-0.15, -0.1) is 0 Å². The van der Waals surface area contributed by atoms with Crippen LogP contribution >= 0.6 is 11.8 Å². The van der Waals surface area contributed by atoms with Crippen molar-refractivity contribution in [3.05, 3.63) is 62.6 Å². The third-order valence-electron chi connectivity index (χ3n) is 3.35. The van der Waals surface area contributed by atoms with Gasteiger partial charge < -0.3 is 4.57 Å². The summed E-state index contributed by atoms with van der Waals surface area (Å²) in [6.45, 7) is 0. The fourth-order valence-corrected chi connectivity index (χ4v) is 3.27. The highest BCUT2D eigenvalue weighted by atomic mass is 32.2. The molecular weight excluding hydrogens is 334 g/mol. The molecule has 3 aromatic rings. The fourth-order valence-electron chi connectivity index (χ4n) is 2.28. The molecule has 0 spiro atoms. The molecule has 2 heterocycles. The molecule has 0 fully saturated rings. The lowest BCUT2D eigenvalue weighted by Crippen LogP contribution is -1.95. The topological polar surface area (TPSA) is 117 Å². The second-order valence-corrected chi connectivity index (χ2v) is 5.96. The first-order valence-corrected chi connectivity index (χ1v) is 7.76. The second kappa shape index (κ2) is 6.24. The Morgan fingerprint density at radius 1 is 1.12 bits per heavy atom. The van der Waals surface area contributed by atoms with E-state index < -0.39 is 9.85 Å². The van der Waals surface area contributed by atoms with Crippen molar-refractivity contribution < 1.29 is 9.85 Å². The molecule has 2 aromatic heterocycles. The van der Waals surface area contributed by atoms with E-state index in [1.807, 2.05) is 11.6 Å². The van der Waals surface area contributed by atoms with Crippen molar-refractivity contribution >= 4 is 34.2 Å². The molecule has 0 aliphatic rings. The number of rotatable bonds is 5. The zero-order valence-electron chi connectivity index (χ0n) is 12.4. The molecule has 122 valence electrons. The van der Waals surface area contributed by atoms with Gasteiger partial charge in [0, 0.05) is 31.1 Å². The maximum atomic E-state index is 10.9. The molecule has 0 saturated heterocycles. The van der Waals surface area contributed by atoms with Crippen LogP contribution in [0.4, 0.5) is 11.4 Å². The van der Waals surface area contributed by atoms with E-state index in [1.54, 1.807) is 18.6 Å². The molecule has 0 aliphatic heterocycles. The van der Waals surface area contributed by atoms with Crippen molar-refractivity contribution in [2.24, 2.45) is 7.05 Å². The molecule has 0 saturated carbocycles. The summed E-state index contributed by atoms with van der Waals surface area (Å²) < 4.78 is 1.83. The summed E-state index contributed by atoms with van der Waals surface area (Å²) in [6, 6.07) is 5.42. The Morgan fingerprint density at radius 3 is 2.42 bits per heavy atom. The average molecular weight is 345 g/mol. The summed E-state index contributed by atoms with van der Waals surface area (Å²) in [4.78, 5) is 29.1. The zero-order chi connectivity index (χ0) is 17.3. The molecule has 0 radical (unpaired) electrons. The van der Waals surface area contributed by atoms with Gasteiger partial charge in [0.05, 0.1) is 27.8 Å². The second-order valence-electron chi connectivity index (χ2n) is 5.00. The molecule has 0 bridgehead atoms. The predicted octanol–water partition coefficient (Wildman–Crippen LogP) is 3.08. The van der Waals surface area contributed by atoms with E-state index in [0.717, 1.165) is 17.1 Å². The minimum Gasteiger partial charge on any atom is -0.332 e. The lowest BCUT2D eigenvalue weighted by Gasteiger charge is -2.05. The maximum absolute atomic E-state index is 10.9. The summed E-state index contributed by atoms with van der Waals surface area (Å²) in [5.74, 6) is 0.319. The maximum Gasteiger partial charge on any atom is 0.276 e. The van der Waals surface area contributed by atoms with Gasteiger partial charge in [-0.1, -0.05) is 11.8 Å². The molecule has 1 aromatic carbocycles. The summed E-state index contributed by atoms with van der Waals surface area (Å²) in [5, 5.41) is 22.6. The van der Waals surface area contributed by atoms with Gasteiger partial charge in [0.2, 0.25) is 0 Å². The lowest BCUT2D eigenvalue weighted by atomic mass is 10.2. The van der Waals surface area contributed by atoms with Gasteiger partial charge in [-0.05, 0) is 11.6 Å². The molecule has 0 unspecified atom stereocenters. The van der Waals surface area contributed by atoms with E-state index in [1.165, 1.54) is 23.9 Å². The lowest BCUT2D eigenvalue weighted by molar-refractivity contribution is -0.394. The number of benzene rings is 1. The van der Waals surface area contributed by atoms with E-state index in [2.05, 4.69) is 9.97 Å². The van der Waals surface area contributed by atoms with E-state index in [4.69, 9.17) is 0 Å². The van der Waals surface area contributed by atoms with E-state index in [-0.39, 0.29) is 11.4 Å². The fraction of sp³-hybridized carbons (Fsp3) is 0.143.